The number of fused-ring (bicyclic) bond motifs is 5. The van der Waals surface area contributed by atoms with E-state index in [9.17, 15) is 4.79 Å². The minimum atomic E-state index is -0.00983. The van der Waals surface area contributed by atoms with Gasteiger partial charge in [0.25, 0.3) is 0 Å². The Morgan fingerprint density at radius 2 is 1.97 bits per heavy atom. The molecule has 0 heterocycles. The Morgan fingerprint density at radius 3 is 2.69 bits per heavy atom. The summed E-state index contributed by atoms with van der Waals surface area (Å²) in [5, 5.41) is 0. The molecule has 0 aliphatic heterocycles. The average Bonchev–Trinajstić information content (AvgIpc) is 3.14. The average molecular weight is 441 g/mol. The maximum atomic E-state index is 11.9. The maximum absolute atomic E-state index is 11.9. The first-order chi connectivity index (χ1) is 15.2. The van der Waals surface area contributed by atoms with Crippen molar-refractivity contribution in [3.8, 4) is 0 Å². The van der Waals surface area contributed by atoms with E-state index in [0.29, 0.717) is 29.8 Å². The van der Waals surface area contributed by atoms with Crippen molar-refractivity contribution in [2.75, 3.05) is 6.61 Å². The van der Waals surface area contributed by atoms with Gasteiger partial charge in [0.1, 0.15) is 0 Å². The minimum absolute atomic E-state index is 0.00983. The third-order valence-electron chi connectivity index (χ3n) is 11.1. The summed E-state index contributed by atoms with van der Waals surface area (Å²) < 4.78 is 5.20. The fourth-order valence-corrected chi connectivity index (χ4v) is 9.04. The van der Waals surface area contributed by atoms with Gasteiger partial charge in [-0.05, 0) is 125 Å². The van der Waals surface area contributed by atoms with Crippen LogP contribution in [-0.4, -0.2) is 12.6 Å². The van der Waals surface area contributed by atoms with Gasteiger partial charge in [-0.15, -0.1) is 0 Å². The number of rotatable bonds is 6. The number of ether oxygens (including phenoxy) is 1. The molecular formula is C30H48O2. The second-order valence-corrected chi connectivity index (χ2v) is 12.3. The summed E-state index contributed by atoms with van der Waals surface area (Å²) in [7, 11) is 0. The molecule has 0 aromatic heterocycles. The van der Waals surface area contributed by atoms with E-state index in [0.717, 1.165) is 36.0 Å². The second-order valence-electron chi connectivity index (χ2n) is 12.3. The number of carbonyl (C=O) groups is 1. The van der Waals surface area contributed by atoms with Crippen LogP contribution < -0.4 is 0 Å². The molecule has 3 fully saturated rings. The van der Waals surface area contributed by atoms with Gasteiger partial charge in [0, 0.05) is 6.42 Å². The Hall–Kier alpha value is -1.05. The van der Waals surface area contributed by atoms with Gasteiger partial charge in [-0.3, -0.25) is 4.79 Å². The van der Waals surface area contributed by atoms with E-state index in [-0.39, 0.29) is 5.97 Å². The Bertz CT molecular complexity index is 763. The Morgan fingerprint density at radius 1 is 1.19 bits per heavy atom. The van der Waals surface area contributed by atoms with Gasteiger partial charge in [0.2, 0.25) is 0 Å². The number of esters is 1. The summed E-state index contributed by atoms with van der Waals surface area (Å²) in [5.41, 5.74) is 4.32. The minimum Gasteiger partial charge on any atom is -0.466 e. The molecule has 2 heteroatoms. The van der Waals surface area contributed by atoms with Gasteiger partial charge in [0.05, 0.1) is 6.61 Å². The number of allylic oxidation sites excluding steroid dienone is 4. The lowest BCUT2D eigenvalue weighted by molar-refractivity contribution is -0.143. The first kappa shape index (κ1) is 24.1. The van der Waals surface area contributed by atoms with Crippen LogP contribution in [0.25, 0.3) is 0 Å². The van der Waals surface area contributed by atoms with Crippen molar-refractivity contribution in [1.82, 2.24) is 0 Å². The van der Waals surface area contributed by atoms with Gasteiger partial charge < -0.3 is 4.74 Å². The predicted molar refractivity (Wildman–Crippen MR) is 133 cm³/mol. The third kappa shape index (κ3) is 4.03. The van der Waals surface area contributed by atoms with Crippen molar-refractivity contribution < 1.29 is 9.53 Å². The van der Waals surface area contributed by atoms with Crippen molar-refractivity contribution in [1.29, 1.82) is 0 Å². The molecule has 180 valence electrons. The number of hydrogen-bond acceptors (Lipinski definition) is 2. The third-order valence-corrected chi connectivity index (χ3v) is 11.1. The van der Waals surface area contributed by atoms with Crippen molar-refractivity contribution in [3.63, 3.8) is 0 Å². The van der Waals surface area contributed by atoms with E-state index in [1.807, 2.05) is 6.92 Å². The largest absolute Gasteiger partial charge is 0.466 e. The van der Waals surface area contributed by atoms with Gasteiger partial charge in [-0.25, -0.2) is 0 Å². The molecule has 0 aromatic rings. The molecule has 3 saturated carbocycles. The van der Waals surface area contributed by atoms with Gasteiger partial charge >= 0.3 is 5.97 Å². The molecular weight excluding hydrogens is 392 g/mol. The zero-order valence-corrected chi connectivity index (χ0v) is 21.7. The molecule has 0 aromatic carbocycles. The molecule has 6 unspecified atom stereocenters. The van der Waals surface area contributed by atoms with E-state index < -0.39 is 0 Å². The highest BCUT2D eigenvalue weighted by molar-refractivity contribution is 5.69. The lowest BCUT2D eigenvalue weighted by atomic mass is 9.46. The van der Waals surface area contributed by atoms with Crippen LogP contribution in [-0.2, 0) is 9.53 Å². The van der Waals surface area contributed by atoms with Gasteiger partial charge in [0.15, 0.2) is 0 Å². The molecule has 2 nitrogen and oxygen atoms in total. The molecule has 0 N–H and O–H groups in total. The lowest BCUT2D eigenvalue weighted by Gasteiger charge is -2.58. The van der Waals surface area contributed by atoms with Crippen molar-refractivity contribution in [2.45, 2.75) is 106 Å². The van der Waals surface area contributed by atoms with Crippen molar-refractivity contribution >= 4 is 5.97 Å². The molecule has 0 spiro atoms. The summed E-state index contributed by atoms with van der Waals surface area (Å²) in [6.07, 6.45) is 17.6. The molecule has 4 aliphatic carbocycles. The van der Waals surface area contributed by atoms with Crippen LogP contribution in [0.4, 0.5) is 0 Å². The fraction of sp³-hybridized carbons (Fsp3) is 0.833. The second kappa shape index (κ2) is 9.30. The number of hydrogen-bond donors (Lipinski definition) is 0. The van der Waals surface area contributed by atoms with E-state index in [4.69, 9.17) is 4.74 Å². The van der Waals surface area contributed by atoms with Gasteiger partial charge in [-0.2, -0.15) is 0 Å². The quantitative estimate of drug-likeness (QED) is 0.308. The SMILES string of the molecule is CC=C(C)C1CCC2(C)C(=CCC3C2CCC2(C)C([C@H](C)CCC(=O)OCC)CC[C@@H]32)C1. The monoisotopic (exact) mass is 440 g/mol. The Labute approximate surface area is 197 Å². The van der Waals surface area contributed by atoms with E-state index in [1.54, 1.807) is 11.1 Å². The van der Waals surface area contributed by atoms with E-state index in [2.05, 4.69) is 46.8 Å². The molecule has 4 aliphatic rings. The maximum Gasteiger partial charge on any atom is 0.305 e. The molecule has 0 amide bonds. The predicted octanol–water partition coefficient (Wildman–Crippen LogP) is 8.13. The fourth-order valence-electron chi connectivity index (χ4n) is 9.04. The van der Waals surface area contributed by atoms with Crippen LogP contribution in [0, 0.1) is 46.3 Å². The van der Waals surface area contributed by atoms with Crippen LogP contribution >= 0.6 is 0 Å². The standard InChI is InChI=1S/C30H48O2/c1-7-20(3)22-15-17-29(5)23(19-22)10-11-24-26-13-12-25(30(26,6)18-16-27(24)29)21(4)9-14-28(31)32-8-2/h7,10,21-22,24-27H,8-9,11-19H2,1-6H3/t21-,22?,24?,25?,26+,27?,29?,30?/m1/s1. The van der Waals surface area contributed by atoms with Gasteiger partial charge in [-0.1, -0.05) is 44.1 Å². The first-order valence-corrected chi connectivity index (χ1v) is 13.7. The smallest absolute Gasteiger partial charge is 0.305 e. The zero-order chi connectivity index (χ0) is 23.1. The molecule has 0 saturated heterocycles. The summed E-state index contributed by atoms with van der Waals surface area (Å²) >= 11 is 0. The van der Waals surface area contributed by atoms with E-state index in [1.165, 1.54) is 51.4 Å². The first-order valence-electron chi connectivity index (χ1n) is 13.7. The van der Waals surface area contributed by atoms with Crippen LogP contribution in [0.2, 0.25) is 0 Å². The Kier molecular flexibility index (Phi) is 7.00. The van der Waals surface area contributed by atoms with Crippen LogP contribution in [0.3, 0.4) is 0 Å². The molecule has 0 bridgehead atoms. The summed E-state index contributed by atoms with van der Waals surface area (Å²) in [6.45, 7) is 14.6. The molecule has 32 heavy (non-hydrogen) atoms. The number of carbonyl (C=O) groups excluding carboxylic acids is 1. The molecule has 8 atom stereocenters. The highest BCUT2D eigenvalue weighted by Crippen LogP contribution is 2.67. The topological polar surface area (TPSA) is 26.3 Å². The van der Waals surface area contributed by atoms with Crippen LogP contribution in [0.15, 0.2) is 23.3 Å². The summed E-state index contributed by atoms with van der Waals surface area (Å²) in [6, 6.07) is 0. The highest BCUT2D eigenvalue weighted by Gasteiger charge is 2.59. The Balaban J connectivity index is 1.48. The summed E-state index contributed by atoms with van der Waals surface area (Å²) in [4.78, 5) is 11.9. The zero-order valence-electron chi connectivity index (χ0n) is 21.7. The summed E-state index contributed by atoms with van der Waals surface area (Å²) in [5.74, 6) is 4.81. The molecule has 0 radical (unpaired) electrons. The lowest BCUT2D eigenvalue weighted by Crippen LogP contribution is -2.50. The van der Waals surface area contributed by atoms with Crippen molar-refractivity contribution in [3.05, 3.63) is 23.3 Å². The van der Waals surface area contributed by atoms with Crippen LogP contribution in [0.5, 0.6) is 0 Å². The normalized spacial score (nSPS) is 42.4. The van der Waals surface area contributed by atoms with E-state index >= 15 is 0 Å². The van der Waals surface area contributed by atoms with Crippen LogP contribution in [0.1, 0.15) is 106 Å². The van der Waals surface area contributed by atoms with Crippen molar-refractivity contribution in [2.24, 2.45) is 46.3 Å². The highest BCUT2D eigenvalue weighted by atomic mass is 16.5. The molecule has 4 rings (SSSR count).